The Morgan fingerprint density at radius 2 is 1.21 bits per heavy atom. The van der Waals surface area contributed by atoms with Crippen LogP contribution in [0.1, 0.15) is 65.2 Å². The normalized spacial score (nSPS) is 13.0. The molecule has 0 saturated carbocycles. The molecule has 0 amide bonds. The summed E-state index contributed by atoms with van der Waals surface area (Å²) in [5, 5.41) is 5.60. The average molecular weight is 369 g/mol. The van der Waals surface area contributed by atoms with Crippen LogP contribution in [0.15, 0.2) is 54.6 Å². The molecule has 0 nitrogen and oxygen atoms in total. The van der Waals surface area contributed by atoms with Crippen molar-refractivity contribution >= 4 is 0 Å². The highest BCUT2D eigenvalue weighted by molar-refractivity contribution is 5.72. The van der Waals surface area contributed by atoms with Gasteiger partial charge in [0.05, 0.1) is 0 Å². The van der Waals surface area contributed by atoms with Crippen LogP contribution in [0.5, 0.6) is 0 Å². The van der Waals surface area contributed by atoms with Crippen molar-refractivity contribution in [3.63, 3.8) is 0 Å². The van der Waals surface area contributed by atoms with Gasteiger partial charge < -0.3 is 0 Å². The third-order valence-electron chi connectivity index (χ3n) is 6.08. The van der Waals surface area contributed by atoms with Gasteiger partial charge >= 0.3 is 0 Å². The largest absolute Gasteiger partial charge is 0.0616 e. The minimum atomic E-state index is 0.0909. The molecule has 0 spiro atoms. The number of rotatable bonds is 2. The predicted molar refractivity (Wildman–Crippen MR) is 120 cm³/mol. The standard InChI is InChI=1S/C28H32/c1-8-18-16-23(25(28(5,6)7)17-24(18)27(2,3)4)22-15-11-14-21-19-12-9-10-13-20(19)26(21)22/h9-17H,8H2,1-7H3. The zero-order chi connectivity index (χ0) is 20.3. The highest BCUT2D eigenvalue weighted by Crippen LogP contribution is 2.40. The summed E-state index contributed by atoms with van der Waals surface area (Å²) in [6.07, 6.45) is 1.07. The minimum Gasteiger partial charge on any atom is -0.0616 e. The van der Waals surface area contributed by atoms with Crippen molar-refractivity contribution in [1.29, 1.82) is 0 Å². The molecule has 0 aromatic heterocycles. The molecule has 1 aliphatic rings. The summed E-state index contributed by atoms with van der Waals surface area (Å²) in [5.74, 6) is 0. The van der Waals surface area contributed by atoms with Crippen molar-refractivity contribution in [2.45, 2.75) is 65.7 Å². The lowest BCUT2D eigenvalue weighted by molar-refractivity contribution is 0.565. The van der Waals surface area contributed by atoms with Gasteiger partial charge in [0, 0.05) is 0 Å². The molecule has 0 saturated heterocycles. The lowest BCUT2D eigenvalue weighted by Crippen LogP contribution is -2.19. The Morgan fingerprint density at radius 3 is 1.82 bits per heavy atom. The summed E-state index contributed by atoms with van der Waals surface area (Å²) in [7, 11) is 0. The maximum atomic E-state index is 2.50. The van der Waals surface area contributed by atoms with E-state index in [4.69, 9.17) is 0 Å². The van der Waals surface area contributed by atoms with E-state index >= 15 is 0 Å². The van der Waals surface area contributed by atoms with E-state index < -0.39 is 0 Å². The summed E-state index contributed by atoms with van der Waals surface area (Å²) in [5.41, 5.74) is 7.44. The van der Waals surface area contributed by atoms with Crippen molar-refractivity contribution < 1.29 is 0 Å². The van der Waals surface area contributed by atoms with Gasteiger partial charge in [-0.1, -0.05) is 103 Å². The molecule has 0 fully saturated rings. The first-order valence-electron chi connectivity index (χ1n) is 10.5. The molecular weight excluding hydrogens is 336 g/mol. The van der Waals surface area contributed by atoms with Crippen LogP contribution in [-0.2, 0) is 17.3 Å². The van der Waals surface area contributed by atoms with Crippen molar-refractivity contribution in [2.24, 2.45) is 0 Å². The molecule has 4 rings (SSSR count). The number of benzene rings is 3. The monoisotopic (exact) mass is 368 g/mol. The molecule has 0 heterocycles. The van der Waals surface area contributed by atoms with Crippen LogP contribution in [-0.4, -0.2) is 0 Å². The van der Waals surface area contributed by atoms with Crippen LogP contribution >= 0.6 is 0 Å². The second kappa shape index (κ2) is 6.34. The Kier molecular flexibility index (Phi) is 4.30. The van der Waals surface area contributed by atoms with Gasteiger partial charge in [0.1, 0.15) is 0 Å². The maximum Gasteiger partial charge on any atom is -0.00203 e. The van der Waals surface area contributed by atoms with Gasteiger partial charge in [0.2, 0.25) is 0 Å². The lowest BCUT2D eigenvalue weighted by atomic mass is 9.74. The van der Waals surface area contributed by atoms with Crippen LogP contribution in [0.25, 0.3) is 11.1 Å². The summed E-state index contributed by atoms with van der Waals surface area (Å²) in [6.45, 7) is 16.3. The first-order valence-corrected chi connectivity index (χ1v) is 10.5. The molecule has 3 aromatic carbocycles. The Hall–Kier alpha value is -2.34. The van der Waals surface area contributed by atoms with E-state index in [1.807, 2.05) is 0 Å². The SMILES string of the molecule is CCc1cc(-c2cccc3c2=c2ccccc2=3)c(C(C)(C)C)cc1C(C)(C)C. The zero-order valence-electron chi connectivity index (χ0n) is 18.4. The summed E-state index contributed by atoms with van der Waals surface area (Å²) in [6, 6.07) is 20.6. The fourth-order valence-corrected chi connectivity index (χ4v) is 4.64. The van der Waals surface area contributed by atoms with Crippen LogP contribution in [0.3, 0.4) is 0 Å². The Morgan fingerprint density at radius 1 is 0.607 bits per heavy atom. The average Bonchev–Trinajstić information content (AvgIpc) is 2.62. The number of hydrogen-bond acceptors (Lipinski definition) is 0. The molecule has 28 heavy (non-hydrogen) atoms. The van der Waals surface area contributed by atoms with E-state index in [0.29, 0.717) is 0 Å². The summed E-state index contributed by atoms with van der Waals surface area (Å²) < 4.78 is 0. The van der Waals surface area contributed by atoms with Crippen LogP contribution < -0.4 is 0 Å². The Balaban J connectivity index is 2.11. The molecular formula is C28H32. The second-order valence-electron chi connectivity index (χ2n) is 10.2. The van der Waals surface area contributed by atoms with E-state index in [1.165, 1.54) is 48.7 Å². The van der Waals surface area contributed by atoms with Gasteiger partial charge in [0.25, 0.3) is 0 Å². The molecule has 0 unspecified atom stereocenters. The van der Waals surface area contributed by atoms with Gasteiger partial charge in [-0.15, -0.1) is 0 Å². The topological polar surface area (TPSA) is 0 Å². The number of aryl methyl sites for hydroxylation is 1. The van der Waals surface area contributed by atoms with Crippen molar-refractivity contribution in [1.82, 2.24) is 0 Å². The van der Waals surface area contributed by atoms with Crippen LogP contribution in [0.2, 0.25) is 0 Å². The molecule has 144 valence electrons. The van der Waals surface area contributed by atoms with E-state index in [1.54, 1.807) is 0 Å². The van der Waals surface area contributed by atoms with Crippen molar-refractivity contribution in [3.05, 3.63) is 92.2 Å². The first-order chi connectivity index (χ1) is 13.1. The van der Waals surface area contributed by atoms with E-state index in [0.717, 1.165) is 6.42 Å². The Labute approximate surface area is 169 Å². The van der Waals surface area contributed by atoms with Gasteiger partial charge in [0.15, 0.2) is 0 Å². The molecule has 0 atom stereocenters. The van der Waals surface area contributed by atoms with Crippen molar-refractivity contribution in [2.75, 3.05) is 0 Å². The fraction of sp³-hybridized carbons (Fsp3) is 0.357. The minimum absolute atomic E-state index is 0.0909. The summed E-state index contributed by atoms with van der Waals surface area (Å²) >= 11 is 0. The molecule has 0 bridgehead atoms. The third-order valence-corrected chi connectivity index (χ3v) is 6.08. The van der Waals surface area contributed by atoms with Gasteiger partial charge in [-0.25, -0.2) is 0 Å². The van der Waals surface area contributed by atoms with Crippen LogP contribution in [0.4, 0.5) is 0 Å². The number of fused-ring (bicyclic) bond motifs is 2. The van der Waals surface area contributed by atoms with E-state index in [2.05, 4.69) is 103 Å². The first kappa shape index (κ1) is 19.0. The van der Waals surface area contributed by atoms with Gasteiger partial charge in [-0.3, -0.25) is 0 Å². The van der Waals surface area contributed by atoms with E-state index in [9.17, 15) is 0 Å². The summed E-state index contributed by atoms with van der Waals surface area (Å²) in [4.78, 5) is 0. The second-order valence-corrected chi connectivity index (χ2v) is 10.2. The lowest BCUT2D eigenvalue weighted by Gasteiger charge is -2.30. The molecule has 0 heteroatoms. The fourth-order valence-electron chi connectivity index (χ4n) is 4.64. The molecule has 0 aliphatic heterocycles. The van der Waals surface area contributed by atoms with Crippen molar-refractivity contribution in [3.8, 4) is 11.1 Å². The number of hydrogen-bond donors (Lipinski definition) is 0. The quantitative estimate of drug-likeness (QED) is 0.346. The van der Waals surface area contributed by atoms with E-state index in [-0.39, 0.29) is 10.8 Å². The third kappa shape index (κ3) is 2.91. The highest BCUT2D eigenvalue weighted by atomic mass is 14.3. The highest BCUT2D eigenvalue weighted by Gasteiger charge is 2.26. The Bertz CT molecular complexity index is 1250. The van der Waals surface area contributed by atoms with Gasteiger partial charge in [-0.2, -0.15) is 0 Å². The molecule has 3 aromatic rings. The van der Waals surface area contributed by atoms with Gasteiger partial charge in [-0.05, 0) is 65.9 Å². The zero-order valence-corrected chi connectivity index (χ0v) is 18.4. The smallest absolute Gasteiger partial charge is 0.00203 e. The molecule has 0 radical (unpaired) electrons. The molecule has 0 N–H and O–H groups in total. The maximum absolute atomic E-state index is 2.50. The predicted octanol–water partition coefficient (Wildman–Crippen LogP) is 7.40. The van der Waals surface area contributed by atoms with Crippen LogP contribution in [0, 0.1) is 20.9 Å². The molecule has 1 aliphatic carbocycles.